The van der Waals surface area contributed by atoms with Crippen molar-refractivity contribution in [3.05, 3.63) is 48.2 Å². The lowest BCUT2D eigenvalue weighted by atomic mass is 10.2. The molecule has 1 saturated heterocycles. The quantitative estimate of drug-likeness (QED) is 0.538. The molecule has 0 bridgehead atoms. The normalized spacial score (nSPS) is 18.4. The Balaban J connectivity index is 1.28. The van der Waals surface area contributed by atoms with Crippen LogP contribution in [0.3, 0.4) is 0 Å². The Kier molecular flexibility index (Phi) is 4.10. The molecule has 4 aromatic heterocycles. The van der Waals surface area contributed by atoms with Crippen molar-refractivity contribution < 1.29 is 4.42 Å². The van der Waals surface area contributed by atoms with Crippen molar-refractivity contribution in [3.8, 4) is 10.8 Å². The van der Waals surface area contributed by atoms with Crippen molar-refractivity contribution in [2.24, 2.45) is 0 Å². The van der Waals surface area contributed by atoms with Gasteiger partial charge in [0.1, 0.15) is 12.6 Å². The molecular weight excluding hydrogens is 362 g/mol. The summed E-state index contributed by atoms with van der Waals surface area (Å²) in [7, 11) is 0. The minimum absolute atomic E-state index is 0.317. The number of aromatic nitrogens is 5. The van der Waals surface area contributed by atoms with E-state index in [2.05, 4.69) is 36.9 Å². The summed E-state index contributed by atoms with van der Waals surface area (Å²) in [5.41, 5.74) is 1.77. The van der Waals surface area contributed by atoms with Gasteiger partial charge < -0.3 is 9.32 Å². The zero-order chi connectivity index (χ0) is 18.2. The number of rotatable bonds is 4. The van der Waals surface area contributed by atoms with Crippen LogP contribution in [-0.4, -0.2) is 55.1 Å². The monoisotopic (exact) mass is 381 g/mol. The van der Waals surface area contributed by atoms with Crippen molar-refractivity contribution in [3.63, 3.8) is 0 Å². The summed E-state index contributed by atoms with van der Waals surface area (Å²) in [6.07, 6.45) is 7.14. The number of piperazine rings is 1. The Morgan fingerprint density at radius 3 is 3.15 bits per heavy atom. The summed E-state index contributed by atoms with van der Waals surface area (Å²) in [5, 5.41) is 10.2. The predicted octanol–water partition coefficient (Wildman–Crippen LogP) is 2.55. The van der Waals surface area contributed by atoms with Crippen molar-refractivity contribution in [2.75, 3.05) is 24.5 Å². The van der Waals surface area contributed by atoms with Gasteiger partial charge in [0.05, 0.1) is 10.6 Å². The van der Waals surface area contributed by atoms with Crippen LogP contribution in [-0.2, 0) is 6.54 Å². The largest absolute Gasteiger partial charge is 0.444 e. The second-order valence-electron chi connectivity index (χ2n) is 6.71. The maximum atomic E-state index is 5.64. The molecule has 5 heterocycles. The maximum absolute atomic E-state index is 5.64. The van der Waals surface area contributed by atoms with Gasteiger partial charge in [0.25, 0.3) is 0 Å². The molecule has 0 radical (unpaired) electrons. The molecule has 4 aromatic rings. The Morgan fingerprint density at radius 2 is 2.30 bits per heavy atom. The number of fused-ring (bicyclic) bond motifs is 1. The molecule has 1 aliphatic rings. The van der Waals surface area contributed by atoms with E-state index < -0.39 is 0 Å². The van der Waals surface area contributed by atoms with E-state index in [4.69, 9.17) is 4.42 Å². The van der Waals surface area contributed by atoms with E-state index in [1.807, 2.05) is 28.1 Å². The molecule has 9 heteroatoms. The zero-order valence-electron chi connectivity index (χ0n) is 14.9. The molecule has 0 unspecified atom stereocenters. The van der Waals surface area contributed by atoms with Crippen molar-refractivity contribution in [2.45, 2.75) is 19.5 Å². The molecular formula is C18H19N7OS. The third kappa shape index (κ3) is 3.08. The van der Waals surface area contributed by atoms with Crippen LogP contribution in [0.2, 0.25) is 0 Å². The first kappa shape index (κ1) is 16.4. The van der Waals surface area contributed by atoms with Crippen LogP contribution in [0.15, 0.2) is 46.9 Å². The molecule has 0 amide bonds. The molecule has 8 nitrogen and oxygen atoms in total. The molecule has 1 fully saturated rings. The van der Waals surface area contributed by atoms with Crippen LogP contribution in [0, 0.1) is 0 Å². The van der Waals surface area contributed by atoms with E-state index in [1.165, 1.54) is 0 Å². The van der Waals surface area contributed by atoms with Gasteiger partial charge >= 0.3 is 0 Å². The van der Waals surface area contributed by atoms with Crippen LogP contribution in [0.25, 0.3) is 16.4 Å². The first-order valence-corrected chi connectivity index (χ1v) is 9.77. The summed E-state index contributed by atoms with van der Waals surface area (Å²) < 4.78 is 7.55. The van der Waals surface area contributed by atoms with E-state index in [0.717, 1.165) is 48.2 Å². The lowest BCUT2D eigenvalue weighted by Gasteiger charge is -2.40. The number of oxazole rings is 1. The highest BCUT2D eigenvalue weighted by molar-refractivity contribution is 7.13. The van der Waals surface area contributed by atoms with Gasteiger partial charge in [-0.15, -0.1) is 21.5 Å². The van der Waals surface area contributed by atoms with Gasteiger partial charge in [0.15, 0.2) is 5.82 Å². The van der Waals surface area contributed by atoms with Gasteiger partial charge in [-0.05, 0) is 18.4 Å². The number of hydrogen-bond donors (Lipinski definition) is 0. The SMILES string of the molecule is C[C@H]1CN(Cc2coc(-c3cccs3)n2)CCN1c1nccn2cnnc12. The molecule has 27 heavy (non-hydrogen) atoms. The Morgan fingerprint density at radius 1 is 1.33 bits per heavy atom. The molecule has 0 saturated carbocycles. The first-order chi connectivity index (χ1) is 13.3. The highest BCUT2D eigenvalue weighted by atomic mass is 32.1. The molecule has 0 spiro atoms. The number of anilines is 1. The van der Waals surface area contributed by atoms with Crippen LogP contribution in [0.1, 0.15) is 12.6 Å². The summed E-state index contributed by atoms with van der Waals surface area (Å²) in [6.45, 7) is 5.75. The third-order valence-electron chi connectivity index (χ3n) is 4.85. The summed E-state index contributed by atoms with van der Waals surface area (Å²) in [4.78, 5) is 15.0. The molecule has 5 rings (SSSR count). The number of thiophene rings is 1. The fourth-order valence-corrected chi connectivity index (χ4v) is 4.22. The maximum Gasteiger partial charge on any atom is 0.236 e. The van der Waals surface area contributed by atoms with Gasteiger partial charge in [0, 0.05) is 44.6 Å². The lowest BCUT2D eigenvalue weighted by molar-refractivity contribution is 0.218. The third-order valence-corrected chi connectivity index (χ3v) is 5.71. The lowest BCUT2D eigenvalue weighted by Crippen LogP contribution is -2.52. The second-order valence-corrected chi connectivity index (χ2v) is 7.66. The standard InChI is InChI=1S/C18H19N7OS/c1-13-9-23(10-14-11-26-18(21-14)15-3-2-8-27-15)6-7-25(13)16-17-22-20-12-24(17)5-4-19-16/h2-5,8,11-13H,6-7,9-10H2,1H3/t13-/m0/s1. The highest BCUT2D eigenvalue weighted by Crippen LogP contribution is 2.25. The number of nitrogens with zero attached hydrogens (tertiary/aromatic N) is 7. The van der Waals surface area contributed by atoms with Crippen molar-refractivity contribution >= 4 is 22.8 Å². The van der Waals surface area contributed by atoms with E-state index in [-0.39, 0.29) is 0 Å². The highest BCUT2D eigenvalue weighted by Gasteiger charge is 2.27. The molecule has 1 atom stereocenters. The van der Waals surface area contributed by atoms with E-state index in [0.29, 0.717) is 11.9 Å². The number of hydrogen-bond acceptors (Lipinski definition) is 8. The average Bonchev–Trinajstić information content (AvgIpc) is 3.42. The van der Waals surface area contributed by atoms with Gasteiger partial charge in [-0.3, -0.25) is 9.30 Å². The van der Waals surface area contributed by atoms with Gasteiger partial charge in [0.2, 0.25) is 11.5 Å². The molecule has 1 aliphatic heterocycles. The molecule has 138 valence electrons. The summed E-state index contributed by atoms with van der Waals surface area (Å²) in [6, 6.07) is 4.35. The topological polar surface area (TPSA) is 75.6 Å². The summed E-state index contributed by atoms with van der Waals surface area (Å²) in [5.74, 6) is 1.60. The van der Waals surface area contributed by atoms with Crippen LogP contribution >= 0.6 is 11.3 Å². The van der Waals surface area contributed by atoms with Gasteiger partial charge in [-0.1, -0.05) is 6.07 Å². The Labute approximate surface area is 160 Å². The minimum Gasteiger partial charge on any atom is -0.444 e. The molecule has 0 N–H and O–H groups in total. The minimum atomic E-state index is 0.317. The summed E-state index contributed by atoms with van der Waals surface area (Å²) >= 11 is 1.64. The van der Waals surface area contributed by atoms with E-state index in [9.17, 15) is 0 Å². The van der Waals surface area contributed by atoms with Crippen LogP contribution in [0.5, 0.6) is 0 Å². The fourth-order valence-electron chi connectivity index (χ4n) is 3.56. The molecule has 0 aromatic carbocycles. The van der Waals surface area contributed by atoms with E-state index >= 15 is 0 Å². The first-order valence-electron chi connectivity index (χ1n) is 8.89. The predicted molar refractivity (Wildman–Crippen MR) is 103 cm³/mol. The fraction of sp³-hybridized carbons (Fsp3) is 0.333. The van der Waals surface area contributed by atoms with Crippen LogP contribution in [0.4, 0.5) is 5.82 Å². The van der Waals surface area contributed by atoms with Gasteiger partial charge in [-0.25, -0.2) is 9.97 Å². The van der Waals surface area contributed by atoms with Crippen LogP contribution < -0.4 is 4.90 Å². The Hall–Kier alpha value is -2.78. The smallest absolute Gasteiger partial charge is 0.236 e. The van der Waals surface area contributed by atoms with Crippen molar-refractivity contribution in [1.82, 2.24) is 29.5 Å². The molecule has 0 aliphatic carbocycles. The van der Waals surface area contributed by atoms with Crippen molar-refractivity contribution in [1.29, 1.82) is 0 Å². The van der Waals surface area contributed by atoms with E-state index in [1.54, 1.807) is 30.1 Å². The average molecular weight is 381 g/mol. The zero-order valence-corrected chi connectivity index (χ0v) is 15.7. The second kappa shape index (κ2) is 6.75. The van der Waals surface area contributed by atoms with Gasteiger partial charge in [-0.2, -0.15) is 0 Å². The Bertz CT molecular complexity index is 1040.